The first-order valence-corrected chi connectivity index (χ1v) is 13.3. The first-order chi connectivity index (χ1) is 19.7. The van der Waals surface area contributed by atoms with Crippen LogP contribution in [0.15, 0.2) is 76.7 Å². The number of nitrogens with zero attached hydrogens (tertiary/aromatic N) is 2. The number of morpholine rings is 1. The summed E-state index contributed by atoms with van der Waals surface area (Å²) in [5.74, 6) is -3.10. The molecule has 3 N–H and O–H groups in total. The molecule has 216 valence electrons. The smallest absolute Gasteiger partial charge is 0.408 e. The van der Waals surface area contributed by atoms with E-state index < -0.39 is 41.2 Å². The third-order valence-corrected chi connectivity index (χ3v) is 7.45. The van der Waals surface area contributed by atoms with E-state index in [0.29, 0.717) is 31.4 Å². The molecule has 0 saturated carbocycles. The number of halogens is 3. The van der Waals surface area contributed by atoms with Gasteiger partial charge in [0.15, 0.2) is 16.9 Å². The molecule has 1 saturated heterocycles. The Morgan fingerprint density at radius 3 is 2.37 bits per heavy atom. The van der Waals surface area contributed by atoms with Gasteiger partial charge in [-0.15, -0.1) is 0 Å². The molecule has 2 heterocycles. The highest BCUT2D eigenvalue weighted by molar-refractivity contribution is 6.00. The predicted molar refractivity (Wildman–Crippen MR) is 145 cm³/mol. The van der Waals surface area contributed by atoms with E-state index in [-0.39, 0.29) is 28.9 Å². The lowest BCUT2D eigenvalue weighted by molar-refractivity contribution is -0.191. The number of hydrogen-bond donors (Lipinski definition) is 3. The number of aromatic nitrogens is 1. The lowest BCUT2D eigenvalue weighted by Crippen LogP contribution is -2.46. The molecule has 0 bridgehead atoms. The van der Waals surface area contributed by atoms with E-state index in [9.17, 15) is 15.0 Å². The maximum atomic E-state index is 15.2. The summed E-state index contributed by atoms with van der Waals surface area (Å²) in [7, 11) is 0. The molecule has 41 heavy (non-hydrogen) atoms. The fourth-order valence-electron chi connectivity index (χ4n) is 5.29. The van der Waals surface area contributed by atoms with Crippen LogP contribution >= 0.6 is 0 Å². The van der Waals surface area contributed by atoms with Crippen molar-refractivity contribution in [3.8, 4) is 11.1 Å². The van der Waals surface area contributed by atoms with Crippen molar-refractivity contribution in [1.82, 2.24) is 15.4 Å². The maximum absolute atomic E-state index is 15.2. The van der Waals surface area contributed by atoms with Gasteiger partial charge >= 0.3 is 6.18 Å². The third-order valence-electron chi connectivity index (χ3n) is 7.45. The van der Waals surface area contributed by atoms with E-state index in [0.717, 1.165) is 18.7 Å². The third kappa shape index (κ3) is 5.34. The molecule has 11 heteroatoms. The zero-order valence-electron chi connectivity index (χ0n) is 22.4. The summed E-state index contributed by atoms with van der Waals surface area (Å²) in [6, 6.07) is 14.9. The van der Waals surface area contributed by atoms with Crippen LogP contribution in [0.3, 0.4) is 0 Å². The quantitative estimate of drug-likeness (QED) is 0.343. The van der Waals surface area contributed by atoms with E-state index in [1.807, 2.05) is 0 Å². The molecule has 1 aliphatic heterocycles. The number of ether oxygens (including phenoxy) is 1. The second kappa shape index (κ2) is 11.4. The Kier molecular flexibility index (Phi) is 7.92. The molecular weight excluding hydrogens is 539 g/mol. The van der Waals surface area contributed by atoms with Gasteiger partial charge < -0.3 is 24.8 Å². The SMILES string of the molecule is CCNC(=O)c1noc(C2(C(F)(F)F)CC(c3ccccc3)=C(O)C=C2O)c1-c1ccc(CN2CCOCC2)cc1. The summed E-state index contributed by atoms with van der Waals surface area (Å²) in [6.07, 6.45) is -5.29. The first kappa shape index (κ1) is 28.4. The summed E-state index contributed by atoms with van der Waals surface area (Å²) in [4.78, 5) is 15.2. The molecule has 0 radical (unpaired) electrons. The molecule has 5 rings (SSSR count). The highest BCUT2D eigenvalue weighted by Gasteiger charge is 2.64. The zero-order valence-corrected chi connectivity index (χ0v) is 22.4. The van der Waals surface area contributed by atoms with E-state index >= 15 is 13.2 Å². The zero-order chi connectivity index (χ0) is 29.2. The van der Waals surface area contributed by atoms with E-state index in [1.54, 1.807) is 61.5 Å². The van der Waals surface area contributed by atoms with Gasteiger partial charge in [-0.3, -0.25) is 9.69 Å². The molecule has 1 aliphatic carbocycles. The number of rotatable bonds is 7. The van der Waals surface area contributed by atoms with Crippen molar-refractivity contribution >= 4 is 11.5 Å². The Labute approximate surface area is 234 Å². The van der Waals surface area contributed by atoms with Crippen LogP contribution in [-0.4, -0.2) is 65.2 Å². The van der Waals surface area contributed by atoms with Crippen LogP contribution in [0.5, 0.6) is 0 Å². The molecule has 2 aromatic carbocycles. The molecule has 1 atom stereocenters. The van der Waals surface area contributed by atoms with Crippen molar-refractivity contribution in [2.45, 2.75) is 31.5 Å². The number of amides is 1. The molecule has 1 fully saturated rings. The maximum Gasteiger partial charge on any atom is 0.408 e. The van der Waals surface area contributed by atoms with Crippen molar-refractivity contribution in [3.05, 3.63) is 94.8 Å². The Hall–Kier alpha value is -4.09. The number of alkyl halides is 3. The second-order valence-electron chi connectivity index (χ2n) is 10.0. The fourth-order valence-corrected chi connectivity index (χ4v) is 5.29. The lowest BCUT2D eigenvalue weighted by atomic mass is 9.70. The Morgan fingerprint density at radius 2 is 1.73 bits per heavy atom. The van der Waals surface area contributed by atoms with Gasteiger partial charge in [0.05, 0.1) is 18.8 Å². The van der Waals surface area contributed by atoms with Crippen molar-refractivity contribution in [1.29, 1.82) is 0 Å². The normalized spacial score (nSPS) is 20.1. The minimum absolute atomic E-state index is 0.0384. The van der Waals surface area contributed by atoms with Crippen LogP contribution in [-0.2, 0) is 16.7 Å². The standard InChI is InChI=1S/C30H30F3N3O5/c1-2-34-28(39)26-25(21-10-8-19(9-11-21)18-36-12-14-40-15-13-36)27(41-35-26)29(30(31,32)33)17-22(23(37)16-24(29)38)20-6-4-3-5-7-20/h3-11,16,37-38H,2,12-15,17-18H2,1H3,(H,34,39). The number of allylic oxidation sites excluding steroid dienone is 3. The Balaban J connectivity index is 1.64. The average Bonchev–Trinajstić information content (AvgIpc) is 3.40. The molecule has 1 unspecified atom stereocenters. The van der Waals surface area contributed by atoms with E-state index in [2.05, 4.69) is 15.4 Å². The monoisotopic (exact) mass is 569 g/mol. The number of benzene rings is 2. The van der Waals surface area contributed by atoms with E-state index in [1.165, 1.54) is 0 Å². The highest BCUT2D eigenvalue weighted by Crippen LogP contribution is 2.56. The van der Waals surface area contributed by atoms with Gasteiger partial charge in [-0.1, -0.05) is 59.8 Å². The minimum Gasteiger partial charge on any atom is -0.511 e. The van der Waals surface area contributed by atoms with Gasteiger partial charge in [-0.25, -0.2) is 0 Å². The highest BCUT2D eigenvalue weighted by atomic mass is 19.4. The van der Waals surface area contributed by atoms with Crippen molar-refractivity contribution in [2.24, 2.45) is 0 Å². The van der Waals surface area contributed by atoms with Crippen molar-refractivity contribution in [3.63, 3.8) is 0 Å². The topological polar surface area (TPSA) is 108 Å². The van der Waals surface area contributed by atoms with Gasteiger partial charge in [-0.05, 0) is 23.6 Å². The number of aliphatic hydroxyl groups excluding tert-OH is 2. The van der Waals surface area contributed by atoms with Crippen LogP contribution in [0.1, 0.15) is 40.7 Å². The second-order valence-corrected chi connectivity index (χ2v) is 10.0. The fraction of sp³-hybridized carbons (Fsp3) is 0.333. The predicted octanol–water partition coefficient (Wildman–Crippen LogP) is 5.54. The summed E-state index contributed by atoms with van der Waals surface area (Å²) < 4.78 is 56.4. The van der Waals surface area contributed by atoms with Gasteiger partial charge in [-0.2, -0.15) is 13.2 Å². The number of carbonyl (C=O) groups is 1. The van der Waals surface area contributed by atoms with Gasteiger partial charge in [0.2, 0.25) is 0 Å². The molecular formula is C30H30F3N3O5. The Bertz CT molecular complexity index is 1460. The van der Waals surface area contributed by atoms with Crippen LogP contribution in [0.2, 0.25) is 0 Å². The van der Waals surface area contributed by atoms with Gasteiger partial charge in [0.1, 0.15) is 11.5 Å². The first-order valence-electron chi connectivity index (χ1n) is 13.3. The number of carbonyl (C=O) groups excluding carboxylic acids is 1. The molecule has 1 amide bonds. The van der Waals surface area contributed by atoms with Crippen molar-refractivity contribution in [2.75, 3.05) is 32.8 Å². The molecule has 0 spiro atoms. The summed E-state index contributed by atoms with van der Waals surface area (Å²) in [5.41, 5.74) is -2.13. The average molecular weight is 570 g/mol. The van der Waals surface area contributed by atoms with Gasteiger partial charge in [0.25, 0.3) is 5.91 Å². The number of nitrogens with one attached hydrogen (secondary N) is 1. The van der Waals surface area contributed by atoms with Crippen LogP contribution in [0.25, 0.3) is 16.7 Å². The largest absolute Gasteiger partial charge is 0.511 e. The van der Waals surface area contributed by atoms with E-state index in [4.69, 9.17) is 9.26 Å². The molecule has 1 aromatic heterocycles. The Morgan fingerprint density at radius 1 is 1.05 bits per heavy atom. The van der Waals surface area contributed by atoms with Gasteiger partial charge in [0, 0.05) is 44.2 Å². The summed E-state index contributed by atoms with van der Waals surface area (Å²) >= 11 is 0. The summed E-state index contributed by atoms with van der Waals surface area (Å²) in [5, 5.41) is 27.9. The minimum atomic E-state index is -5.10. The van der Waals surface area contributed by atoms with Crippen LogP contribution in [0, 0.1) is 0 Å². The molecule has 3 aromatic rings. The number of aliphatic hydroxyl groups is 2. The summed E-state index contributed by atoms with van der Waals surface area (Å²) in [6.45, 7) is 5.30. The molecule has 8 nitrogen and oxygen atoms in total. The number of hydrogen-bond acceptors (Lipinski definition) is 7. The van der Waals surface area contributed by atoms with Crippen LogP contribution < -0.4 is 5.32 Å². The van der Waals surface area contributed by atoms with Crippen molar-refractivity contribution < 1.29 is 37.4 Å². The van der Waals surface area contributed by atoms with Crippen LogP contribution in [0.4, 0.5) is 13.2 Å². The molecule has 2 aliphatic rings. The lowest BCUT2D eigenvalue weighted by Gasteiger charge is -2.36.